The summed E-state index contributed by atoms with van der Waals surface area (Å²) in [5.41, 5.74) is 0. The zero-order valence-electron chi connectivity index (χ0n) is 9.78. The van der Waals surface area contributed by atoms with Crippen LogP contribution in [0.1, 0.15) is 27.7 Å². The molecule has 0 bridgehead atoms. The quantitative estimate of drug-likeness (QED) is 0.518. The van der Waals surface area contributed by atoms with Gasteiger partial charge in [-0.2, -0.15) is 0 Å². The Balaban J connectivity index is 4.04. The summed E-state index contributed by atoms with van der Waals surface area (Å²) >= 11 is 5.73. The first kappa shape index (κ1) is 13.5. The van der Waals surface area contributed by atoms with Gasteiger partial charge in [0.2, 0.25) is 0 Å². The lowest BCUT2D eigenvalue weighted by molar-refractivity contribution is 0.248. The van der Waals surface area contributed by atoms with Crippen molar-refractivity contribution >= 4 is 19.9 Å². The van der Waals surface area contributed by atoms with E-state index in [1.165, 1.54) is 0 Å². The number of halogens is 1. The Morgan fingerprint density at radius 2 is 1.77 bits per heavy atom. The molecule has 13 heavy (non-hydrogen) atoms. The van der Waals surface area contributed by atoms with Crippen molar-refractivity contribution in [3.8, 4) is 0 Å². The van der Waals surface area contributed by atoms with Gasteiger partial charge < -0.3 is 4.43 Å². The Morgan fingerprint density at radius 3 is 2.08 bits per heavy atom. The minimum atomic E-state index is -1.54. The van der Waals surface area contributed by atoms with Crippen LogP contribution in [0.2, 0.25) is 18.1 Å². The molecule has 0 aromatic carbocycles. The van der Waals surface area contributed by atoms with Crippen LogP contribution in [0.25, 0.3) is 0 Å². The molecule has 1 unspecified atom stereocenters. The van der Waals surface area contributed by atoms with E-state index in [1.54, 1.807) is 0 Å². The zero-order valence-corrected chi connectivity index (χ0v) is 11.5. The maximum atomic E-state index is 6.00. The van der Waals surface area contributed by atoms with Crippen molar-refractivity contribution in [2.24, 2.45) is 5.92 Å². The Labute approximate surface area is 88.9 Å². The molecule has 0 aromatic heterocycles. The maximum Gasteiger partial charge on any atom is 0.191 e. The first-order valence-corrected chi connectivity index (χ1v) is 8.35. The maximum absolute atomic E-state index is 6.00. The molecular weight excluding hydrogens is 200 g/mol. The van der Waals surface area contributed by atoms with Crippen molar-refractivity contribution in [1.82, 2.24) is 0 Å². The van der Waals surface area contributed by atoms with Gasteiger partial charge >= 0.3 is 0 Å². The summed E-state index contributed by atoms with van der Waals surface area (Å²) in [4.78, 5) is 0. The molecule has 0 saturated heterocycles. The average molecular weight is 223 g/mol. The second kappa shape index (κ2) is 4.81. The highest BCUT2D eigenvalue weighted by atomic mass is 35.5. The molecule has 0 aromatic rings. The summed E-state index contributed by atoms with van der Waals surface area (Å²) in [5.74, 6) is 1.16. The van der Waals surface area contributed by atoms with E-state index in [-0.39, 0.29) is 0 Å². The van der Waals surface area contributed by atoms with Gasteiger partial charge in [-0.3, -0.25) is 0 Å². The van der Waals surface area contributed by atoms with Crippen LogP contribution in [-0.4, -0.2) is 20.8 Å². The highest BCUT2D eigenvalue weighted by molar-refractivity contribution is 6.74. The van der Waals surface area contributed by atoms with Gasteiger partial charge in [-0.25, -0.2) is 0 Å². The highest BCUT2D eigenvalue weighted by Gasteiger charge is 2.37. The lowest BCUT2D eigenvalue weighted by Gasteiger charge is -2.36. The minimum absolute atomic E-state index is 0.305. The van der Waals surface area contributed by atoms with Gasteiger partial charge in [0.25, 0.3) is 0 Å². The molecule has 0 N–H and O–H groups in total. The lowest BCUT2D eigenvalue weighted by Crippen LogP contribution is -2.41. The van der Waals surface area contributed by atoms with Crippen LogP contribution in [0.5, 0.6) is 0 Å². The van der Waals surface area contributed by atoms with E-state index >= 15 is 0 Å². The third-order valence-electron chi connectivity index (χ3n) is 2.80. The summed E-state index contributed by atoms with van der Waals surface area (Å²) in [5, 5.41) is 0.305. The molecule has 0 heterocycles. The Bertz CT molecular complexity index is 151. The topological polar surface area (TPSA) is 9.23 Å². The van der Waals surface area contributed by atoms with Gasteiger partial charge in [-0.15, -0.1) is 11.6 Å². The van der Waals surface area contributed by atoms with E-state index in [4.69, 9.17) is 16.0 Å². The van der Waals surface area contributed by atoms with Gasteiger partial charge in [-0.05, 0) is 24.1 Å². The fourth-order valence-electron chi connectivity index (χ4n) is 0.612. The molecule has 0 aliphatic heterocycles. The van der Waals surface area contributed by atoms with Crippen molar-refractivity contribution in [3.63, 3.8) is 0 Å². The smallest absolute Gasteiger partial charge is 0.191 e. The Hall–Kier alpha value is 0.467. The summed E-state index contributed by atoms with van der Waals surface area (Å²) < 4.78 is 6.00. The van der Waals surface area contributed by atoms with E-state index in [2.05, 4.69) is 40.8 Å². The van der Waals surface area contributed by atoms with Crippen LogP contribution in [0.15, 0.2) is 0 Å². The van der Waals surface area contributed by atoms with Crippen LogP contribution in [0.3, 0.4) is 0 Å². The van der Waals surface area contributed by atoms with Crippen molar-refractivity contribution < 1.29 is 4.43 Å². The minimum Gasteiger partial charge on any atom is -0.417 e. The van der Waals surface area contributed by atoms with Crippen molar-refractivity contribution in [3.05, 3.63) is 0 Å². The Kier molecular flexibility index (Phi) is 4.98. The molecule has 0 spiro atoms. The number of alkyl halides is 1. The second-order valence-corrected chi connectivity index (χ2v) is 10.4. The zero-order chi connectivity index (χ0) is 10.7. The lowest BCUT2D eigenvalue weighted by atomic mass is 10.2. The van der Waals surface area contributed by atoms with Crippen LogP contribution in [0, 0.1) is 5.92 Å². The molecule has 0 amide bonds. The highest BCUT2D eigenvalue weighted by Crippen LogP contribution is 2.36. The molecule has 80 valence electrons. The van der Waals surface area contributed by atoms with Gasteiger partial charge in [-0.1, -0.05) is 27.7 Å². The molecular formula is C10H23ClOSi. The SMILES string of the molecule is CC(CCl)CO[Si](C)(C)C(C)(C)C. The average Bonchev–Trinajstić information content (AvgIpc) is 1.98. The Morgan fingerprint density at radius 1 is 1.31 bits per heavy atom. The van der Waals surface area contributed by atoms with E-state index in [9.17, 15) is 0 Å². The van der Waals surface area contributed by atoms with Gasteiger partial charge in [0.1, 0.15) is 0 Å². The normalized spacial score (nSPS) is 15.9. The third-order valence-corrected chi connectivity index (χ3v) is 7.83. The van der Waals surface area contributed by atoms with E-state index < -0.39 is 8.32 Å². The summed E-state index contributed by atoms with van der Waals surface area (Å²) in [6, 6.07) is 0. The predicted octanol–water partition coefficient (Wildman–Crippen LogP) is 3.88. The monoisotopic (exact) mass is 222 g/mol. The number of rotatable bonds is 4. The van der Waals surface area contributed by atoms with Crippen LogP contribution in [0.4, 0.5) is 0 Å². The number of hydrogen-bond acceptors (Lipinski definition) is 1. The molecule has 0 saturated carbocycles. The van der Waals surface area contributed by atoms with Crippen molar-refractivity contribution in [1.29, 1.82) is 0 Å². The molecule has 1 atom stereocenters. The van der Waals surface area contributed by atoms with Crippen molar-refractivity contribution in [2.75, 3.05) is 12.5 Å². The first-order chi connectivity index (χ1) is 5.70. The summed E-state index contributed by atoms with van der Waals surface area (Å²) in [7, 11) is -1.54. The molecule has 0 fully saturated rings. The van der Waals surface area contributed by atoms with E-state index in [1.807, 2.05) is 0 Å². The van der Waals surface area contributed by atoms with E-state index in [0.29, 0.717) is 16.8 Å². The van der Waals surface area contributed by atoms with Crippen LogP contribution in [-0.2, 0) is 4.43 Å². The fourth-order valence-corrected chi connectivity index (χ4v) is 1.83. The fraction of sp³-hybridized carbons (Fsp3) is 1.00. The van der Waals surface area contributed by atoms with Gasteiger partial charge in [0.05, 0.1) is 0 Å². The van der Waals surface area contributed by atoms with Crippen LogP contribution >= 0.6 is 11.6 Å². The molecule has 1 nitrogen and oxygen atoms in total. The van der Waals surface area contributed by atoms with Gasteiger partial charge in [0, 0.05) is 12.5 Å². The summed E-state index contributed by atoms with van der Waals surface area (Å²) in [6.07, 6.45) is 0. The summed E-state index contributed by atoms with van der Waals surface area (Å²) in [6.45, 7) is 14.2. The predicted molar refractivity (Wildman–Crippen MR) is 63.0 cm³/mol. The van der Waals surface area contributed by atoms with E-state index in [0.717, 1.165) is 6.61 Å². The molecule has 0 radical (unpaired) electrons. The van der Waals surface area contributed by atoms with Crippen LogP contribution < -0.4 is 0 Å². The standard InChI is InChI=1S/C10H23ClOSi/c1-9(7-11)8-12-13(5,6)10(2,3)4/h9H,7-8H2,1-6H3. The second-order valence-electron chi connectivity index (χ2n) is 5.33. The molecule has 0 rings (SSSR count). The third kappa shape index (κ3) is 4.48. The largest absolute Gasteiger partial charge is 0.417 e. The molecule has 0 aliphatic carbocycles. The number of hydrogen-bond donors (Lipinski definition) is 0. The molecule has 3 heteroatoms. The first-order valence-electron chi connectivity index (χ1n) is 4.90. The van der Waals surface area contributed by atoms with Crippen molar-refractivity contribution in [2.45, 2.75) is 45.8 Å². The van der Waals surface area contributed by atoms with Gasteiger partial charge in [0.15, 0.2) is 8.32 Å². The molecule has 0 aliphatic rings.